The monoisotopic (exact) mass is 602 g/mol. The lowest BCUT2D eigenvalue weighted by molar-refractivity contribution is -0.270. The first-order valence-corrected chi connectivity index (χ1v) is 14.2. The number of carboxylic acid groups (broad SMARTS) is 1. The first-order valence-electron chi connectivity index (χ1n) is 13.1. The third-order valence-corrected chi connectivity index (χ3v) is 8.72. The summed E-state index contributed by atoms with van der Waals surface area (Å²) in [5.41, 5.74) is 0.652. The molecule has 2 saturated carbocycles. The highest BCUT2D eigenvalue weighted by molar-refractivity contribution is 9.10. The van der Waals surface area contributed by atoms with E-state index in [0.717, 1.165) is 12.1 Å². The highest BCUT2D eigenvalue weighted by Gasteiger charge is 2.48. The molecule has 0 unspecified atom stereocenters. The van der Waals surface area contributed by atoms with Crippen LogP contribution in [0.15, 0.2) is 22.8 Å². The Balaban J connectivity index is 0.000000207. The smallest absolute Gasteiger partial charge is 0.335 e. The van der Waals surface area contributed by atoms with Gasteiger partial charge in [0.05, 0.1) is 15.9 Å². The van der Waals surface area contributed by atoms with Crippen LogP contribution in [0.4, 0.5) is 0 Å². The summed E-state index contributed by atoms with van der Waals surface area (Å²) >= 11 is 9.51. The number of hydrogen-bond donors (Lipinski definition) is 6. The summed E-state index contributed by atoms with van der Waals surface area (Å²) < 4.78 is 11.2. The van der Waals surface area contributed by atoms with E-state index in [0.29, 0.717) is 20.4 Å². The Labute approximate surface area is 229 Å². The van der Waals surface area contributed by atoms with Crippen LogP contribution in [0.3, 0.4) is 0 Å². The molecular formula is C26H36BrClN2O7. The fourth-order valence-corrected chi connectivity index (χ4v) is 5.95. The number of hydrogen-bond acceptors (Lipinski definition) is 7. The molecule has 5 rings (SSSR count). The van der Waals surface area contributed by atoms with Crippen LogP contribution in [-0.2, 0) is 9.53 Å². The molecule has 1 aliphatic heterocycles. The van der Waals surface area contributed by atoms with Crippen LogP contribution in [0.1, 0.15) is 64.2 Å². The molecular weight excluding hydrogens is 568 g/mol. The molecule has 0 amide bonds. The van der Waals surface area contributed by atoms with Crippen molar-refractivity contribution in [2.45, 2.75) is 107 Å². The average Bonchev–Trinajstić information content (AvgIpc) is 3.31. The van der Waals surface area contributed by atoms with Crippen LogP contribution < -0.4 is 10.1 Å². The second-order valence-corrected chi connectivity index (χ2v) is 11.4. The molecule has 37 heavy (non-hydrogen) atoms. The number of aliphatic hydroxyl groups is 3. The standard InChI is InChI=1S/C14H13BrClNO7.C12H23N/c15-4-1-2-5-7(8(4)16)6(3-17-5)23-14-11(20)9(18)10(19)12(24-14)13(21)22;1-3-7-11(8-4-1)13-12-9-5-2-6-10-12/h1-3,9-12,14,17-20H,(H,21,22);11-13H,1-10H2/t9-,10-,11+,12-,14+;/m0./s1. The zero-order valence-electron chi connectivity index (χ0n) is 20.6. The van der Waals surface area contributed by atoms with Crippen molar-refractivity contribution in [3.8, 4) is 5.75 Å². The lowest BCUT2D eigenvalue weighted by Crippen LogP contribution is -2.61. The van der Waals surface area contributed by atoms with Crippen molar-refractivity contribution in [3.63, 3.8) is 0 Å². The van der Waals surface area contributed by atoms with E-state index in [1.165, 1.54) is 70.4 Å². The Bertz CT molecular complexity index is 1030. The molecule has 2 aliphatic carbocycles. The number of ether oxygens (including phenoxy) is 2. The zero-order valence-corrected chi connectivity index (χ0v) is 23.0. The SMILES string of the molecule is C1CCC(NC2CCCCC2)CC1.O=C(O)[C@H]1O[C@@H](Oc2c[nH]c3ccc(Br)c(Cl)c23)[C@H](O)[C@@H](O)[C@@H]1O. The van der Waals surface area contributed by atoms with Gasteiger partial charge in [0, 0.05) is 22.8 Å². The summed E-state index contributed by atoms with van der Waals surface area (Å²) in [6, 6.07) is 5.22. The number of aromatic nitrogens is 1. The van der Waals surface area contributed by atoms with Gasteiger partial charge in [-0.2, -0.15) is 0 Å². The molecule has 11 heteroatoms. The number of aromatic amines is 1. The topological polar surface area (TPSA) is 144 Å². The van der Waals surface area contributed by atoms with Crippen molar-refractivity contribution in [1.82, 2.24) is 10.3 Å². The van der Waals surface area contributed by atoms with E-state index in [1.54, 1.807) is 12.1 Å². The van der Waals surface area contributed by atoms with Gasteiger partial charge in [-0.1, -0.05) is 50.1 Å². The minimum absolute atomic E-state index is 0.202. The summed E-state index contributed by atoms with van der Waals surface area (Å²) in [5.74, 6) is -1.28. The van der Waals surface area contributed by atoms with Crippen molar-refractivity contribution < 1.29 is 34.7 Å². The maximum atomic E-state index is 11.1. The Morgan fingerprint density at radius 1 is 0.973 bits per heavy atom. The number of fused-ring (bicyclic) bond motifs is 1. The molecule has 2 aromatic rings. The Hall–Kier alpha value is -1.40. The predicted octanol–water partition coefficient (Wildman–Crippen LogP) is 4.10. The third-order valence-electron chi connectivity index (χ3n) is 7.44. The van der Waals surface area contributed by atoms with Crippen LogP contribution in [0.5, 0.6) is 5.75 Å². The van der Waals surface area contributed by atoms with Crippen molar-refractivity contribution in [3.05, 3.63) is 27.8 Å². The Morgan fingerprint density at radius 2 is 1.57 bits per heavy atom. The van der Waals surface area contributed by atoms with Gasteiger partial charge in [-0.05, 0) is 53.7 Å². The third kappa shape index (κ3) is 6.98. The first-order chi connectivity index (χ1) is 17.8. The summed E-state index contributed by atoms with van der Waals surface area (Å²) in [7, 11) is 0. The normalized spacial score (nSPS) is 29.5. The lowest BCUT2D eigenvalue weighted by atomic mass is 9.91. The van der Waals surface area contributed by atoms with Gasteiger partial charge in [0.2, 0.25) is 6.29 Å². The highest BCUT2D eigenvalue weighted by Crippen LogP contribution is 2.38. The van der Waals surface area contributed by atoms with Gasteiger partial charge in [0.25, 0.3) is 0 Å². The summed E-state index contributed by atoms with van der Waals surface area (Å²) in [5, 5.41) is 43.2. The fraction of sp³-hybridized carbons (Fsp3) is 0.654. The second-order valence-electron chi connectivity index (χ2n) is 10.1. The molecule has 0 spiro atoms. The summed E-state index contributed by atoms with van der Waals surface area (Å²) in [6.07, 6.45) is 7.63. The minimum atomic E-state index is -1.78. The Morgan fingerprint density at radius 3 is 2.14 bits per heavy atom. The zero-order chi connectivity index (χ0) is 26.5. The first kappa shape index (κ1) is 28.6. The number of H-pyrrole nitrogens is 1. The number of rotatable bonds is 5. The molecule has 6 N–H and O–H groups in total. The van der Waals surface area contributed by atoms with E-state index in [9.17, 15) is 20.1 Å². The summed E-state index contributed by atoms with van der Waals surface area (Å²) in [4.78, 5) is 14.0. The number of benzene rings is 1. The molecule has 1 saturated heterocycles. The molecule has 3 fully saturated rings. The minimum Gasteiger partial charge on any atom is -0.479 e. The van der Waals surface area contributed by atoms with Crippen LogP contribution in [0, 0.1) is 0 Å². The fourth-order valence-electron chi connectivity index (χ4n) is 5.37. The van der Waals surface area contributed by atoms with Crippen molar-refractivity contribution in [2.24, 2.45) is 0 Å². The molecule has 1 aromatic heterocycles. The van der Waals surface area contributed by atoms with Crippen LogP contribution >= 0.6 is 27.5 Å². The Kier molecular flexibility index (Phi) is 10.1. The van der Waals surface area contributed by atoms with E-state index < -0.39 is 36.7 Å². The van der Waals surface area contributed by atoms with Gasteiger partial charge in [0.15, 0.2) is 6.10 Å². The van der Waals surface area contributed by atoms with E-state index in [4.69, 9.17) is 26.2 Å². The molecule has 3 aliphatic rings. The molecule has 1 aromatic carbocycles. The molecule has 5 atom stereocenters. The number of nitrogens with one attached hydrogen (secondary N) is 2. The molecule has 0 bridgehead atoms. The van der Waals surface area contributed by atoms with Gasteiger partial charge < -0.3 is 40.2 Å². The van der Waals surface area contributed by atoms with Gasteiger partial charge in [-0.3, -0.25) is 0 Å². The van der Waals surface area contributed by atoms with E-state index in [1.807, 2.05) is 0 Å². The maximum absolute atomic E-state index is 11.1. The van der Waals surface area contributed by atoms with Crippen molar-refractivity contribution in [1.29, 1.82) is 0 Å². The van der Waals surface area contributed by atoms with E-state index in [-0.39, 0.29) is 5.75 Å². The number of aliphatic hydroxyl groups excluding tert-OH is 3. The quantitative estimate of drug-likeness (QED) is 0.300. The van der Waals surface area contributed by atoms with E-state index >= 15 is 0 Å². The predicted molar refractivity (Wildman–Crippen MR) is 143 cm³/mol. The van der Waals surface area contributed by atoms with E-state index in [2.05, 4.69) is 26.2 Å². The van der Waals surface area contributed by atoms with Crippen molar-refractivity contribution >= 4 is 44.4 Å². The van der Waals surface area contributed by atoms with Gasteiger partial charge >= 0.3 is 5.97 Å². The molecule has 9 nitrogen and oxygen atoms in total. The molecule has 206 valence electrons. The molecule has 2 heterocycles. The van der Waals surface area contributed by atoms with Crippen LogP contribution in [-0.4, -0.2) is 74.2 Å². The largest absolute Gasteiger partial charge is 0.479 e. The van der Waals surface area contributed by atoms with Crippen molar-refractivity contribution in [2.75, 3.05) is 0 Å². The number of aliphatic carboxylic acids is 1. The molecule has 0 radical (unpaired) electrons. The van der Waals surface area contributed by atoms with Gasteiger partial charge in [-0.25, -0.2) is 4.79 Å². The average molecular weight is 604 g/mol. The highest BCUT2D eigenvalue weighted by atomic mass is 79.9. The summed E-state index contributed by atoms with van der Waals surface area (Å²) in [6.45, 7) is 0. The number of carboxylic acids is 1. The van der Waals surface area contributed by atoms with Crippen LogP contribution in [0.25, 0.3) is 10.9 Å². The number of carbonyl (C=O) groups is 1. The van der Waals surface area contributed by atoms with Crippen LogP contribution in [0.2, 0.25) is 5.02 Å². The van der Waals surface area contributed by atoms with Gasteiger partial charge in [0.1, 0.15) is 24.1 Å². The maximum Gasteiger partial charge on any atom is 0.335 e. The lowest BCUT2D eigenvalue weighted by Gasteiger charge is -2.38. The number of halogens is 2. The van der Waals surface area contributed by atoms with Gasteiger partial charge in [-0.15, -0.1) is 0 Å². The second kappa shape index (κ2) is 13.1.